The number of aryl methyl sites for hydroxylation is 1. The highest BCUT2D eigenvalue weighted by Gasteiger charge is 2.56. The summed E-state index contributed by atoms with van der Waals surface area (Å²) in [4.78, 5) is 51.5. The average Bonchev–Trinajstić information content (AvgIpc) is 3.08. The number of benzene rings is 1. The number of likely N-dealkylation sites (tertiary alicyclic amines) is 1. The van der Waals surface area contributed by atoms with Crippen LogP contribution in [0.15, 0.2) is 30.3 Å². The lowest BCUT2D eigenvalue weighted by molar-refractivity contribution is -0.173. The van der Waals surface area contributed by atoms with Crippen molar-refractivity contribution in [3.63, 3.8) is 0 Å². The Balaban J connectivity index is 0.00000612. The second-order valence-corrected chi connectivity index (χ2v) is 9.68. The number of nitrogens with zero attached hydrogens (tertiary/aromatic N) is 1. The van der Waals surface area contributed by atoms with Crippen LogP contribution in [-0.2, 0) is 25.6 Å². The van der Waals surface area contributed by atoms with E-state index in [1.165, 1.54) is 7.05 Å². The summed E-state index contributed by atoms with van der Waals surface area (Å²) in [6.45, 7) is 5.37. The van der Waals surface area contributed by atoms with E-state index in [1.54, 1.807) is 20.8 Å². The first-order valence-corrected chi connectivity index (χ1v) is 11.5. The van der Waals surface area contributed by atoms with Crippen LogP contribution >= 0.6 is 12.4 Å². The van der Waals surface area contributed by atoms with Gasteiger partial charge in [0, 0.05) is 18.5 Å². The number of hydrogen-bond acceptors (Lipinski definition) is 6. The molecular weight excluding hydrogens is 474 g/mol. The molecule has 6 N–H and O–H groups in total. The summed E-state index contributed by atoms with van der Waals surface area (Å²) in [5.41, 5.74) is 3.36. The zero-order valence-electron chi connectivity index (χ0n) is 20.8. The van der Waals surface area contributed by atoms with Gasteiger partial charge in [0.05, 0.1) is 18.5 Å². The molecule has 1 aliphatic heterocycles. The van der Waals surface area contributed by atoms with E-state index in [1.807, 2.05) is 30.3 Å². The van der Waals surface area contributed by atoms with Crippen LogP contribution in [0.25, 0.3) is 0 Å². The number of nitrogens with one attached hydrogen (secondary N) is 3. The number of primary amides is 1. The Labute approximate surface area is 212 Å². The maximum Gasteiger partial charge on any atom is 0.276 e. The van der Waals surface area contributed by atoms with Crippen LogP contribution in [0.5, 0.6) is 0 Å². The molecule has 1 saturated heterocycles. The van der Waals surface area contributed by atoms with Gasteiger partial charge in [-0.1, -0.05) is 30.3 Å². The van der Waals surface area contributed by atoms with Gasteiger partial charge >= 0.3 is 0 Å². The average molecular weight is 512 g/mol. The van der Waals surface area contributed by atoms with Gasteiger partial charge in [-0.15, -0.1) is 12.4 Å². The van der Waals surface area contributed by atoms with Crippen LogP contribution in [0.1, 0.15) is 52.0 Å². The molecule has 10 nitrogen and oxygen atoms in total. The number of halogens is 1. The Kier molecular flexibility index (Phi) is 11.1. The molecule has 0 unspecified atom stereocenters. The molecule has 0 spiro atoms. The van der Waals surface area contributed by atoms with Crippen LogP contribution in [0.3, 0.4) is 0 Å². The first-order chi connectivity index (χ1) is 15.9. The third-order valence-electron chi connectivity index (χ3n) is 5.75. The highest BCUT2D eigenvalue weighted by Crippen LogP contribution is 2.30. The first kappa shape index (κ1) is 30.3. The van der Waals surface area contributed by atoms with E-state index >= 15 is 0 Å². The molecule has 1 heterocycles. The number of carbonyl (C=O) groups is 4. The van der Waals surface area contributed by atoms with Crippen molar-refractivity contribution in [2.24, 2.45) is 5.73 Å². The summed E-state index contributed by atoms with van der Waals surface area (Å²) >= 11 is 0. The number of hydrogen-bond donors (Lipinski definition) is 5. The summed E-state index contributed by atoms with van der Waals surface area (Å²) in [7, 11) is 1.50. The Morgan fingerprint density at radius 1 is 1.20 bits per heavy atom. The molecule has 0 bridgehead atoms. The fourth-order valence-corrected chi connectivity index (χ4v) is 4.04. The van der Waals surface area contributed by atoms with E-state index in [0.29, 0.717) is 12.8 Å². The van der Waals surface area contributed by atoms with Gasteiger partial charge in [0.25, 0.3) is 5.91 Å². The van der Waals surface area contributed by atoms with Crippen LogP contribution < -0.4 is 21.7 Å². The molecule has 1 aliphatic rings. The van der Waals surface area contributed by atoms with Crippen molar-refractivity contribution in [3.8, 4) is 0 Å². The number of aliphatic hydroxyl groups is 1. The van der Waals surface area contributed by atoms with E-state index < -0.39 is 41.1 Å². The number of rotatable bonds is 10. The van der Waals surface area contributed by atoms with Gasteiger partial charge in [-0.3, -0.25) is 19.2 Å². The fraction of sp³-hybridized carbons (Fsp3) is 0.583. The summed E-state index contributed by atoms with van der Waals surface area (Å²) in [6, 6.07) is 7.75. The van der Waals surface area contributed by atoms with Crippen molar-refractivity contribution in [3.05, 3.63) is 35.9 Å². The zero-order chi connectivity index (χ0) is 25.5. The second-order valence-electron chi connectivity index (χ2n) is 9.68. The smallest absolute Gasteiger partial charge is 0.276 e. The lowest BCUT2D eigenvalue weighted by atomic mass is 9.99. The largest absolute Gasteiger partial charge is 0.370 e. The van der Waals surface area contributed by atoms with Gasteiger partial charge in [0.15, 0.2) is 0 Å². The molecule has 0 saturated carbocycles. The highest BCUT2D eigenvalue weighted by molar-refractivity contribution is 5.93. The molecule has 1 fully saturated rings. The van der Waals surface area contributed by atoms with Crippen LogP contribution in [0, 0.1) is 0 Å². The molecule has 11 heteroatoms. The Bertz CT molecular complexity index is 892. The predicted molar refractivity (Wildman–Crippen MR) is 134 cm³/mol. The standard InChI is InChI=1S/C24H37N5O5.ClH/c1-23(2,3)28-22(33)24(34)18(27-21(32)17(26-4)15-19(25)30)13-14-29(24)20(31)12-8-11-16-9-6-5-7-10-16;/h5-7,9-10,17-18,26,34H,8,11-15H2,1-4H3,(H2,25,30)(H,27,32)(H,28,33);1H/t17-,18-,24-;/m0./s1. The quantitative estimate of drug-likeness (QED) is 0.302. The van der Waals surface area contributed by atoms with Gasteiger partial charge in [-0.25, -0.2) is 0 Å². The lowest BCUT2D eigenvalue weighted by Gasteiger charge is -2.38. The van der Waals surface area contributed by atoms with Crippen LogP contribution in [0.2, 0.25) is 0 Å². The summed E-state index contributed by atoms with van der Waals surface area (Å²) in [6.07, 6.45) is 1.31. The first-order valence-electron chi connectivity index (χ1n) is 11.5. The molecule has 2 rings (SSSR count). The van der Waals surface area contributed by atoms with Crippen molar-refractivity contribution >= 4 is 36.0 Å². The van der Waals surface area contributed by atoms with Gasteiger partial charge < -0.3 is 31.7 Å². The number of nitrogens with two attached hydrogens (primary N) is 1. The number of likely N-dealkylation sites (N-methyl/N-ethyl adjacent to an activating group) is 1. The number of amides is 4. The van der Waals surface area contributed by atoms with Gasteiger partial charge in [0.2, 0.25) is 23.4 Å². The minimum absolute atomic E-state index is 0. The third-order valence-corrected chi connectivity index (χ3v) is 5.75. The van der Waals surface area contributed by atoms with Crippen LogP contribution in [0.4, 0.5) is 0 Å². The molecule has 1 aromatic carbocycles. The summed E-state index contributed by atoms with van der Waals surface area (Å²) in [5, 5.41) is 19.7. The van der Waals surface area contributed by atoms with Crippen molar-refractivity contribution in [1.29, 1.82) is 0 Å². The van der Waals surface area contributed by atoms with E-state index in [2.05, 4.69) is 16.0 Å². The molecule has 0 aromatic heterocycles. The highest BCUT2D eigenvalue weighted by atomic mass is 35.5. The normalized spacial score (nSPS) is 20.5. The molecule has 3 atom stereocenters. The van der Waals surface area contributed by atoms with Gasteiger partial charge in [-0.05, 0) is 52.6 Å². The van der Waals surface area contributed by atoms with E-state index in [4.69, 9.17) is 5.73 Å². The van der Waals surface area contributed by atoms with Crippen molar-refractivity contribution in [1.82, 2.24) is 20.9 Å². The molecule has 0 aliphatic carbocycles. The molecule has 0 radical (unpaired) electrons. The minimum atomic E-state index is -2.27. The van der Waals surface area contributed by atoms with Gasteiger partial charge in [0.1, 0.15) is 0 Å². The zero-order valence-corrected chi connectivity index (χ0v) is 21.6. The third kappa shape index (κ3) is 8.19. The Hall–Kier alpha value is -2.69. The Morgan fingerprint density at radius 3 is 2.37 bits per heavy atom. The maximum atomic E-state index is 13.2. The van der Waals surface area contributed by atoms with Crippen molar-refractivity contribution < 1.29 is 24.3 Å². The summed E-state index contributed by atoms with van der Waals surface area (Å²) in [5.74, 6) is -2.40. The van der Waals surface area contributed by atoms with E-state index in [0.717, 1.165) is 10.5 Å². The number of carbonyl (C=O) groups excluding carboxylic acids is 4. The maximum absolute atomic E-state index is 13.2. The summed E-state index contributed by atoms with van der Waals surface area (Å²) < 4.78 is 0. The van der Waals surface area contributed by atoms with Crippen molar-refractivity contribution in [2.75, 3.05) is 13.6 Å². The Morgan fingerprint density at radius 2 is 1.83 bits per heavy atom. The molecule has 35 heavy (non-hydrogen) atoms. The van der Waals surface area contributed by atoms with E-state index in [9.17, 15) is 24.3 Å². The minimum Gasteiger partial charge on any atom is -0.370 e. The predicted octanol–water partition coefficient (Wildman–Crippen LogP) is 0.215. The molecule has 4 amide bonds. The fourth-order valence-electron chi connectivity index (χ4n) is 4.04. The van der Waals surface area contributed by atoms with Gasteiger partial charge in [-0.2, -0.15) is 0 Å². The van der Waals surface area contributed by atoms with Crippen LogP contribution in [-0.4, -0.2) is 70.6 Å². The molecular formula is C24H38ClN5O5. The molecule has 1 aromatic rings. The topological polar surface area (TPSA) is 154 Å². The van der Waals surface area contributed by atoms with Crippen molar-refractivity contribution in [2.45, 2.75) is 76.2 Å². The SMILES string of the molecule is CN[C@@H](CC(N)=O)C(=O)N[C@H]1CCN(C(=O)CCCc2ccccc2)[C@@]1(O)C(=O)NC(C)(C)C.Cl. The van der Waals surface area contributed by atoms with E-state index in [-0.39, 0.29) is 44.1 Å². The lowest BCUT2D eigenvalue weighted by Crippen LogP contribution is -2.68. The monoisotopic (exact) mass is 511 g/mol. The molecule has 196 valence electrons. The second kappa shape index (κ2) is 12.9.